The first kappa shape index (κ1) is 31.0. The van der Waals surface area contributed by atoms with E-state index in [-0.39, 0.29) is 17.7 Å². The average Bonchev–Trinajstić information content (AvgIpc) is 3.12. The molecule has 1 aliphatic heterocycles. The summed E-state index contributed by atoms with van der Waals surface area (Å²) in [5.41, 5.74) is 19.8. The van der Waals surface area contributed by atoms with Crippen LogP contribution in [0.5, 0.6) is 5.75 Å². The molecule has 3 heteroatoms. The molecule has 0 saturated heterocycles. The van der Waals surface area contributed by atoms with Crippen molar-refractivity contribution in [3.8, 4) is 16.9 Å². The number of phenols is 1. The van der Waals surface area contributed by atoms with Crippen LogP contribution < -0.4 is 10.6 Å². The van der Waals surface area contributed by atoms with Gasteiger partial charge in [0, 0.05) is 40.7 Å². The second-order valence-corrected chi connectivity index (χ2v) is 12.7. The molecule has 3 N–H and O–H groups in total. The van der Waals surface area contributed by atoms with Crippen molar-refractivity contribution in [3.05, 3.63) is 204 Å². The van der Waals surface area contributed by atoms with E-state index in [1.54, 1.807) is 6.07 Å². The Bertz CT molecular complexity index is 2070. The summed E-state index contributed by atoms with van der Waals surface area (Å²) in [6.45, 7) is 6.90. The molecular weight excluding hydrogens is 585 g/mol. The van der Waals surface area contributed by atoms with Crippen LogP contribution >= 0.6 is 0 Å². The van der Waals surface area contributed by atoms with Gasteiger partial charge < -0.3 is 15.7 Å². The number of hydrogen-bond acceptors (Lipinski definition) is 3. The van der Waals surface area contributed by atoms with Crippen molar-refractivity contribution in [2.75, 3.05) is 4.90 Å². The number of phenolic OH excluding ortho intramolecular Hbond substituents is 1. The predicted octanol–water partition coefficient (Wildman–Crippen LogP) is 10.7. The van der Waals surface area contributed by atoms with E-state index in [0.717, 1.165) is 57.5 Å². The molecule has 0 fully saturated rings. The second kappa shape index (κ2) is 13.6. The summed E-state index contributed by atoms with van der Waals surface area (Å²) in [6, 6.07) is 45.6. The first-order valence-electron chi connectivity index (χ1n) is 16.6. The Labute approximate surface area is 284 Å². The SMILES string of the molecule is C=C1/C=C\C(c2cccc(-c3ccccc3O)c2)=C/N(c2ccc(C[C@H](N)c3ccccc3)cc2)C2=C1C=C(c1ccccc1)CC2C. The van der Waals surface area contributed by atoms with Crippen LogP contribution in [0.25, 0.3) is 22.3 Å². The molecule has 48 heavy (non-hydrogen) atoms. The lowest BCUT2D eigenvalue weighted by Crippen LogP contribution is -2.26. The van der Waals surface area contributed by atoms with Crippen molar-refractivity contribution in [2.24, 2.45) is 11.7 Å². The number of rotatable bonds is 7. The Hall–Kier alpha value is -5.64. The van der Waals surface area contributed by atoms with E-state index >= 15 is 0 Å². The fraction of sp³-hybridized carbons (Fsp3) is 0.111. The maximum absolute atomic E-state index is 10.6. The van der Waals surface area contributed by atoms with Crippen molar-refractivity contribution in [1.82, 2.24) is 0 Å². The molecule has 0 spiro atoms. The molecule has 1 heterocycles. The monoisotopic (exact) mass is 624 g/mol. The maximum atomic E-state index is 10.6. The van der Waals surface area contributed by atoms with Gasteiger partial charge in [0.1, 0.15) is 5.75 Å². The molecule has 0 amide bonds. The zero-order chi connectivity index (χ0) is 33.0. The molecule has 7 rings (SSSR count). The predicted molar refractivity (Wildman–Crippen MR) is 201 cm³/mol. The van der Waals surface area contributed by atoms with Crippen molar-refractivity contribution >= 4 is 16.8 Å². The van der Waals surface area contributed by atoms with E-state index in [0.29, 0.717) is 0 Å². The Morgan fingerprint density at radius 3 is 2.19 bits per heavy atom. The van der Waals surface area contributed by atoms with Crippen LogP contribution in [0, 0.1) is 5.92 Å². The minimum atomic E-state index is -0.0655. The maximum Gasteiger partial charge on any atom is 0.123 e. The lowest BCUT2D eigenvalue weighted by Gasteiger charge is -2.36. The summed E-state index contributed by atoms with van der Waals surface area (Å²) >= 11 is 0. The molecule has 1 unspecified atom stereocenters. The molecule has 3 nitrogen and oxygen atoms in total. The summed E-state index contributed by atoms with van der Waals surface area (Å²) in [5, 5.41) is 10.6. The molecule has 236 valence electrons. The molecule has 0 saturated carbocycles. The molecule has 1 aliphatic carbocycles. The smallest absolute Gasteiger partial charge is 0.123 e. The fourth-order valence-corrected chi connectivity index (χ4v) is 6.84. The van der Waals surface area contributed by atoms with Gasteiger partial charge in [-0.1, -0.05) is 135 Å². The van der Waals surface area contributed by atoms with Gasteiger partial charge in [0.25, 0.3) is 0 Å². The number of allylic oxidation sites excluding steroid dienone is 8. The molecule has 0 radical (unpaired) electrons. The number of nitrogens with zero attached hydrogens (tertiary/aromatic N) is 1. The Kier molecular flexibility index (Phi) is 8.78. The second-order valence-electron chi connectivity index (χ2n) is 12.7. The highest BCUT2D eigenvalue weighted by Gasteiger charge is 2.28. The minimum Gasteiger partial charge on any atom is -0.507 e. The van der Waals surface area contributed by atoms with Gasteiger partial charge in [0.2, 0.25) is 0 Å². The highest BCUT2D eigenvalue weighted by Crippen LogP contribution is 2.43. The highest BCUT2D eigenvalue weighted by atomic mass is 16.3. The lowest BCUT2D eigenvalue weighted by molar-refractivity contribution is 0.477. The largest absolute Gasteiger partial charge is 0.507 e. The van der Waals surface area contributed by atoms with Crippen molar-refractivity contribution in [3.63, 3.8) is 0 Å². The van der Waals surface area contributed by atoms with Crippen LogP contribution in [-0.2, 0) is 6.42 Å². The number of nitrogens with two attached hydrogens (primary N) is 1. The van der Waals surface area contributed by atoms with E-state index in [1.165, 1.54) is 22.4 Å². The Balaban J connectivity index is 1.33. The minimum absolute atomic E-state index is 0.0655. The zero-order valence-electron chi connectivity index (χ0n) is 27.3. The molecule has 5 aromatic rings. The first-order valence-corrected chi connectivity index (χ1v) is 16.6. The summed E-state index contributed by atoms with van der Waals surface area (Å²) in [7, 11) is 0. The van der Waals surface area contributed by atoms with Crippen LogP contribution in [0.2, 0.25) is 0 Å². The zero-order valence-corrected chi connectivity index (χ0v) is 27.3. The van der Waals surface area contributed by atoms with Crippen molar-refractivity contribution < 1.29 is 5.11 Å². The number of para-hydroxylation sites is 1. The normalized spacial score (nSPS) is 18.6. The number of anilines is 1. The van der Waals surface area contributed by atoms with Gasteiger partial charge in [-0.2, -0.15) is 0 Å². The van der Waals surface area contributed by atoms with Gasteiger partial charge in [-0.05, 0) is 87.7 Å². The van der Waals surface area contributed by atoms with Gasteiger partial charge in [0.05, 0.1) is 0 Å². The Morgan fingerprint density at radius 1 is 0.771 bits per heavy atom. The van der Waals surface area contributed by atoms with E-state index in [2.05, 4.69) is 128 Å². The van der Waals surface area contributed by atoms with Crippen LogP contribution in [0.3, 0.4) is 0 Å². The highest BCUT2D eigenvalue weighted by molar-refractivity contribution is 5.84. The third-order valence-electron chi connectivity index (χ3n) is 9.38. The van der Waals surface area contributed by atoms with Crippen LogP contribution in [-0.4, -0.2) is 5.11 Å². The number of aromatic hydroxyl groups is 1. The first-order chi connectivity index (χ1) is 23.4. The number of benzene rings is 5. The molecule has 2 atom stereocenters. The Morgan fingerprint density at radius 2 is 1.44 bits per heavy atom. The standard InChI is InChI=1S/C45H40N2O/c1-31-20-23-38(36-16-11-17-37(28-36)41-18-9-10-19-44(41)48)30-47(45-32(2)26-39(29-42(31)45)34-12-5-3-6-13-34)40-24-21-33(22-25-40)27-43(46)35-14-7-4-8-15-35/h3-25,28-30,32,43,48H,1,26-27,46H2,2H3/b23-20-,38-30+/t32?,43-/m0/s1. The van der Waals surface area contributed by atoms with Gasteiger partial charge in [-0.3, -0.25) is 0 Å². The molecule has 0 aromatic heterocycles. The van der Waals surface area contributed by atoms with E-state index in [9.17, 15) is 5.11 Å². The van der Waals surface area contributed by atoms with Gasteiger partial charge >= 0.3 is 0 Å². The molecule has 5 aromatic carbocycles. The number of hydrogen-bond donors (Lipinski definition) is 2. The topological polar surface area (TPSA) is 49.5 Å². The van der Waals surface area contributed by atoms with Gasteiger partial charge in [0.15, 0.2) is 0 Å². The molecular formula is C45H40N2O. The molecule has 2 aliphatic rings. The van der Waals surface area contributed by atoms with Crippen LogP contribution in [0.4, 0.5) is 5.69 Å². The average molecular weight is 625 g/mol. The third-order valence-corrected chi connectivity index (χ3v) is 9.38. The summed E-state index contributed by atoms with van der Waals surface area (Å²) in [6.07, 6.45) is 10.6. The van der Waals surface area contributed by atoms with Crippen molar-refractivity contribution in [1.29, 1.82) is 0 Å². The lowest BCUT2D eigenvalue weighted by atomic mass is 9.81. The summed E-state index contributed by atoms with van der Waals surface area (Å²) in [5.74, 6) is 0.505. The quantitative estimate of drug-likeness (QED) is 0.189. The molecule has 0 bridgehead atoms. The van der Waals surface area contributed by atoms with Crippen LogP contribution in [0.15, 0.2) is 181 Å². The van der Waals surface area contributed by atoms with Crippen LogP contribution in [0.1, 0.15) is 41.6 Å². The fourth-order valence-electron chi connectivity index (χ4n) is 6.84. The van der Waals surface area contributed by atoms with Gasteiger partial charge in [-0.15, -0.1) is 0 Å². The van der Waals surface area contributed by atoms with E-state index in [4.69, 9.17) is 5.73 Å². The summed E-state index contributed by atoms with van der Waals surface area (Å²) in [4.78, 5) is 2.36. The van der Waals surface area contributed by atoms with E-state index < -0.39 is 0 Å². The van der Waals surface area contributed by atoms with Gasteiger partial charge in [-0.25, -0.2) is 0 Å². The van der Waals surface area contributed by atoms with Crippen molar-refractivity contribution in [2.45, 2.75) is 25.8 Å². The third kappa shape index (κ3) is 6.46. The summed E-state index contributed by atoms with van der Waals surface area (Å²) < 4.78 is 0. The van der Waals surface area contributed by atoms with E-state index in [1.807, 2.05) is 42.5 Å².